The van der Waals surface area contributed by atoms with Crippen LogP contribution in [0.2, 0.25) is 0 Å². The molecule has 0 amide bonds. The van der Waals surface area contributed by atoms with Gasteiger partial charge in [0.25, 0.3) is 0 Å². The molecule has 0 aliphatic rings. The van der Waals surface area contributed by atoms with Crippen molar-refractivity contribution < 1.29 is 4.42 Å². The van der Waals surface area contributed by atoms with Gasteiger partial charge in [0, 0.05) is 49.1 Å². The van der Waals surface area contributed by atoms with Gasteiger partial charge in [0.2, 0.25) is 0 Å². The van der Waals surface area contributed by atoms with Gasteiger partial charge in [0.1, 0.15) is 5.58 Å². The molecule has 0 unspecified atom stereocenters. The zero-order valence-electron chi connectivity index (χ0n) is 25.2. The van der Waals surface area contributed by atoms with Crippen molar-refractivity contribution in [3.63, 3.8) is 0 Å². The number of hydrogen-bond acceptors (Lipinski definition) is 2. The van der Waals surface area contributed by atoms with Crippen molar-refractivity contribution in [2.45, 2.75) is 0 Å². The fourth-order valence-electron chi connectivity index (χ4n) is 7.58. The Hall–Kier alpha value is -6.57. The van der Waals surface area contributed by atoms with Crippen molar-refractivity contribution in [2.24, 2.45) is 0 Å². The topological polar surface area (TPSA) is 46.8 Å². The van der Waals surface area contributed by atoms with Crippen molar-refractivity contribution in [3.8, 4) is 28.6 Å². The Morgan fingerprint density at radius 2 is 1.04 bits per heavy atom. The molecule has 0 bridgehead atoms. The van der Waals surface area contributed by atoms with E-state index in [1.54, 1.807) is 0 Å². The molecule has 7 aromatic carbocycles. The molecule has 0 radical (unpaired) electrons. The van der Waals surface area contributed by atoms with Crippen LogP contribution < -0.4 is 0 Å². The lowest BCUT2D eigenvalue weighted by molar-refractivity contribution is 0.671. The first-order valence-electron chi connectivity index (χ1n) is 15.8. The van der Waals surface area contributed by atoms with Gasteiger partial charge in [0.15, 0.2) is 5.58 Å². The molecule has 10 rings (SSSR count). The van der Waals surface area contributed by atoms with Crippen LogP contribution in [0.5, 0.6) is 0 Å². The lowest BCUT2D eigenvalue weighted by atomic mass is 9.97. The molecule has 0 N–H and O–H groups in total. The Balaban J connectivity index is 1.25. The highest BCUT2D eigenvalue weighted by atomic mass is 16.3. The van der Waals surface area contributed by atoms with Crippen LogP contribution in [0.25, 0.3) is 88.1 Å². The summed E-state index contributed by atoms with van der Waals surface area (Å²) in [7, 11) is 0. The number of furan rings is 1. The molecule has 3 heterocycles. The van der Waals surface area contributed by atoms with Crippen LogP contribution in [-0.4, -0.2) is 9.13 Å². The summed E-state index contributed by atoms with van der Waals surface area (Å²) >= 11 is 0. The summed E-state index contributed by atoms with van der Waals surface area (Å²) < 4.78 is 11.2. The summed E-state index contributed by atoms with van der Waals surface area (Å²) in [5, 5.41) is 17.5. The molecular weight excluding hydrogens is 574 g/mol. The van der Waals surface area contributed by atoms with E-state index in [1.165, 1.54) is 10.8 Å². The van der Waals surface area contributed by atoms with Gasteiger partial charge in [-0.1, -0.05) is 103 Å². The third kappa shape index (κ3) is 3.57. The van der Waals surface area contributed by atoms with Crippen LogP contribution in [0, 0.1) is 11.3 Å². The second-order valence-electron chi connectivity index (χ2n) is 12.0. The monoisotopic (exact) mass is 599 g/mol. The predicted octanol–water partition coefficient (Wildman–Crippen LogP) is 11.3. The molecule has 4 heteroatoms. The largest absolute Gasteiger partial charge is 0.454 e. The second kappa shape index (κ2) is 9.71. The molecule has 0 aliphatic carbocycles. The Bertz CT molecular complexity index is 2880. The van der Waals surface area contributed by atoms with Gasteiger partial charge in [-0.3, -0.25) is 0 Å². The SMILES string of the molecule is N#Cc1cc(-n2c3ccccc3c3ccccc32)ccc1-c1ccccc1-n1c2ccccc2c2ccc3c4ccccc4oc3c21. The van der Waals surface area contributed by atoms with Gasteiger partial charge < -0.3 is 13.6 Å². The van der Waals surface area contributed by atoms with Crippen LogP contribution in [0.1, 0.15) is 5.56 Å². The van der Waals surface area contributed by atoms with E-state index >= 15 is 0 Å². The Kier molecular flexibility index (Phi) is 5.32. The lowest BCUT2D eigenvalue weighted by Crippen LogP contribution is -2.00. The third-order valence-electron chi connectivity index (χ3n) is 9.58. The van der Waals surface area contributed by atoms with Crippen molar-refractivity contribution in [1.82, 2.24) is 9.13 Å². The van der Waals surface area contributed by atoms with E-state index < -0.39 is 0 Å². The van der Waals surface area contributed by atoms with Gasteiger partial charge in [-0.2, -0.15) is 5.26 Å². The number of nitrogens with zero attached hydrogens (tertiary/aromatic N) is 3. The van der Waals surface area contributed by atoms with Gasteiger partial charge in [-0.25, -0.2) is 0 Å². The maximum atomic E-state index is 10.6. The minimum Gasteiger partial charge on any atom is -0.454 e. The summed E-state index contributed by atoms with van der Waals surface area (Å²) in [5.41, 5.74) is 10.5. The third-order valence-corrected chi connectivity index (χ3v) is 9.58. The molecule has 0 atom stereocenters. The average molecular weight is 600 g/mol. The number of para-hydroxylation sites is 5. The van der Waals surface area contributed by atoms with E-state index in [1.807, 2.05) is 24.3 Å². The van der Waals surface area contributed by atoms with Gasteiger partial charge in [-0.15, -0.1) is 0 Å². The first kappa shape index (κ1) is 25.7. The lowest BCUT2D eigenvalue weighted by Gasteiger charge is -2.16. The number of aromatic nitrogens is 2. The van der Waals surface area contributed by atoms with E-state index in [-0.39, 0.29) is 0 Å². The highest BCUT2D eigenvalue weighted by Gasteiger charge is 2.22. The van der Waals surface area contributed by atoms with Gasteiger partial charge >= 0.3 is 0 Å². The molecule has 0 saturated heterocycles. The number of hydrogen-bond donors (Lipinski definition) is 0. The fraction of sp³-hybridized carbons (Fsp3) is 0. The van der Waals surface area contributed by atoms with Crippen molar-refractivity contribution in [2.75, 3.05) is 0 Å². The fourth-order valence-corrected chi connectivity index (χ4v) is 7.58. The summed E-state index contributed by atoms with van der Waals surface area (Å²) in [5.74, 6) is 0. The number of benzene rings is 7. The number of rotatable bonds is 3. The number of fused-ring (bicyclic) bond motifs is 10. The quantitative estimate of drug-likeness (QED) is 0.203. The number of nitriles is 1. The summed E-state index contributed by atoms with van der Waals surface area (Å²) in [6.07, 6.45) is 0. The molecule has 0 saturated carbocycles. The molecule has 0 spiro atoms. The first-order valence-corrected chi connectivity index (χ1v) is 15.8. The van der Waals surface area contributed by atoms with E-state index in [2.05, 4.69) is 143 Å². The zero-order chi connectivity index (χ0) is 31.1. The molecular formula is C43H25N3O. The molecule has 3 aromatic heterocycles. The predicted molar refractivity (Wildman–Crippen MR) is 193 cm³/mol. The van der Waals surface area contributed by atoms with E-state index in [9.17, 15) is 5.26 Å². The van der Waals surface area contributed by atoms with Crippen LogP contribution in [-0.2, 0) is 0 Å². The van der Waals surface area contributed by atoms with Crippen molar-refractivity contribution >= 4 is 65.6 Å². The Morgan fingerprint density at radius 3 is 1.77 bits per heavy atom. The van der Waals surface area contributed by atoms with E-state index in [0.29, 0.717) is 5.56 Å². The average Bonchev–Trinajstić information content (AvgIpc) is 3.79. The zero-order valence-corrected chi connectivity index (χ0v) is 25.2. The van der Waals surface area contributed by atoms with Crippen LogP contribution in [0.4, 0.5) is 0 Å². The maximum absolute atomic E-state index is 10.6. The smallest absolute Gasteiger partial charge is 0.160 e. The molecule has 4 nitrogen and oxygen atoms in total. The van der Waals surface area contributed by atoms with E-state index in [4.69, 9.17) is 4.42 Å². The van der Waals surface area contributed by atoms with Crippen LogP contribution in [0.15, 0.2) is 156 Å². The highest BCUT2D eigenvalue weighted by Crippen LogP contribution is 2.42. The standard InChI is InChI=1S/C43H25N3O/c44-26-27-25-28(45-37-16-6-2-12-31(37)32-13-3-7-17-38(32)45)21-22-29(27)30-11-1-8-18-39(30)46-40-19-9-4-14-33(40)35-23-24-36-34-15-5-10-20-41(34)47-43(36)42(35)46/h1-25H. The Morgan fingerprint density at radius 1 is 0.468 bits per heavy atom. The maximum Gasteiger partial charge on any atom is 0.160 e. The first-order chi connectivity index (χ1) is 23.3. The van der Waals surface area contributed by atoms with Gasteiger partial charge in [-0.05, 0) is 48.5 Å². The summed E-state index contributed by atoms with van der Waals surface area (Å²) in [4.78, 5) is 0. The summed E-state index contributed by atoms with van der Waals surface area (Å²) in [6, 6.07) is 55.2. The van der Waals surface area contributed by atoms with Crippen LogP contribution in [0.3, 0.4) is 0 Å². The molecule has 218 valence electrons. The minimum atomic E-state index is 0.617. The summed E-state index contributed by atoms with van der Waals surface area (Å²) in [6.45, 7) is 0. The molecule has 0 fully saturated rings. The second-order valence-corrected chi connectivity index (χ2v) is 12.0. The van der Waals surface area contributed by atoms with Crippen molar-refractivity contribution in [3.05, 3.63) is 157 Å². The van der Waals surface area contributed by atoms with E-state index in [0.717, 1.165) is 77.3 Å². The molecule has 0 aliphatic heterocycles. The molecule has 47 heavy (non-hydrogen) atoms. The van der Waals surface area contributed by atoms with Gasteiger partial charge in [0.05, 0.1) is 39.4 Å². The Labute approximate surface area is 269 Å². The van der Waals surface area contributed by atoms with Crippen LogP contribution >= 0.6 is 0 Å². The minimum absolute atomic E-state index is 0.617. The normalized spacial score (nSPS) is 11.8. The van der Waals surface area contributed by atoms with Crippen molar-refractivity contribution in [1.29, 1.82) is 5.26 Å². The highest BCUT2D eigenvalue weighted by molar-refractivity contribution is 6.21. The molecule has 10 aromatic rings.